The normalized spacial score (nSPS) is 11.8. The van der Waals surface area contributed by atoms with E-state index in [4.69, 9.17) is 16.3 Å². The zero-order valence-corrected chi connectivity index (χ0v) is 26.5. The Kier molecular flexibility index (Phi) is 11.0. The highest BCUT2D eigenvalue weighted by Gasteiger charge is 2.34. The van der Waals surface area contributed by atoms with Crippen LogP contribution in [-0.2, 0) is 32.6 Å². The molecule has 0 fully saturated rings. The molecule has 0 aliphatic carbocycles. The first-order valence-corrected chi connectivity index (χ1v) is 16.0. The van der Waals surface area contributed by atoms with Crippen molar-refractivity contribution in [3.05, 3.63) is 125 Å². The third-order valence-corrected chi connectivity index (χ3v) is 9.34. The summed E-state index contributed by atoms with van der Waals surface area (Å²) in [6.45, 7) is 3.64. The second-order valence-corrected chi connectivity index (χ2v) is 12.5. The summed E-state index contributed by atoms with van der Waals surface area (Å²) in [6, 6.07) is 28.5. The molecule has 10 heteroatoms. The molecule has 1 N–H and O–H groups in total. The molecule has 8 nitrogen and oxygen atoms in total. The van der Waals surface area contributed by atoms with E-state index in [1.54, 1.807) is 24.3 Å². The summed E-state index contributed by atoms with van der Waals surface area (Å²) in [5.41, 5.74) is 2.83. The van der Waals surface area contributed by atoms with Gasteiger partial charge < -0.3 is 15.0 Å². The number of aryl methyl sites for hydroxylation is 1. The molecule has 4 aromatic rings. The maximum atomic E-state index is 14.5. The summed E-state index contributed by atoms with van der Waals surface area (Å²) < 4.78 is 34.4. The van der Waals surface area contributed by atoms with Gasteiger partial charge in [-0.1, -0.05) is 84.4 Å². The first-order chi connectivity index (χ1) is 21.1. The van der Waals surface area contributed by atoms with Crippen LogP contribution in [-0.4, -0.2) is 51.4 Å². The molecule has 0 saturated carbocycles. The Bertz CT molecular complexity index is 1680. The minimum absolute atomic E-state index is 0.00903. The van der Waals surface area contributed by atoms with Crippen LogP contribution >= 0.6 is 11.6 Å². The number of anilines is 1. The predicted octanol–water partition coefficient (Wildman–Crippen LogP) is 5.63. The number of ether oxygens (including phenoxy) is 1. The summed E-state index contributed by atoms with van der Waals surface area (Å²) in [7, 11) is -2.77. The van der Waals surface area contributed by atoms with Gasteiger partial charge in [-0.05, 0) is 60.9 Å². The van der Waals surface area contributed by atoms with E-state index in [2.05, 4.69) is 5.32 Å². The van der Waals surface area contributed by atoms with Gasteiger partial charge >= 0.3 is 0 Å². The highest BCUT2D eigenvalue weighted by atomic mass is 35.5. The molecule has 0 saturated heterocycles. The van der Waals surface area contributed by atoms with E-state index in [1.165, 1.54) is 36.3 Å². The van der Waals surface area contributed by atoms with Crippen molar-refractivity contribution < 1.29 is 22.7 Å². The topological polar surface area (TPSA) is 96.0 Å². The minimum atomic E-state index is -4.23. The maximum Gasteiger partial charge on any atom is 0.264 e. The van der Waals surface area contributed by atoms with Crippen molar-refractivity contribution in [2.45, 2.75) is 37.8 Å². The first kappa shape index (κ1) is 32.6. The lowest BCUT2D eigenvalue weighted by Crippen LogP contribution is -2.53. The molecule has 0 spiro atoms. The number of amides is 2. The van der Waals surface area contributed by atoms with E-state index >= 15 is 0 Å². The fraction of sp³-hybridized carbons (Fsp3) is 0.235. The predicted molar refractivity (Wildman–Crippen MR) is 173 cm³/mol. The van der Waals surface area contributed by atoms with Crippen molar-refractivity contribution in [2.75, 3.05) is 24.5 Å². The SMILES string of the molecule is CCNC(=O)C(Cc1ccccc1)N(Cc1ccccc1C)C(=O)CN(c1ccc(OC)c(Cl)c1)S(=O)(=O)c1ccccc1. The van der Waals surface area contributed by atoms with Crippen LogP contribution in [0.3, 0.4) is 0 Å². The van der Waals surface area contributed by atoms with Gasteiger partial charge in [-0.2, -0.15) is 0 Å². The number of nitrogens with zero attached hydrogens (tertiary/aromatic N) is 2. The summed E-state index contributed by atoms with van der Waals surface area (Å²) in [5.74, 6) is -0.519. The number of hydrogen-bond donors (Lipinski definition) is 1. The van der Waals surface area contributed by atoms with Crippen molar-refractivity contribution >= 4 is 39.1 Å². The Morgan fingerprint density at radius 1 is 0.909 bits per heavy atom. The smallest absolute Gasteiger partial charge is 0.264 e. The average molecular weight is 634 g/mol. The second kappa shape index (κ2) is 14.9. The maximum absolute atomic E-state index is 14.5. The molecular weight excluding hydrogens is 598 g/mol. The molecule has 0 heterocycles. The number of methoxy groups -OCH3 is 1. The molecule has 2 amide bonds. The van der Waals surface area contributed by atoms with Crippen molar-refractivity contribution in [3.8, 4) is 5.75 Å². The van der Waals surface area contributed by atoms with Crippen LogP contribution in [0, 0.1) is 6.92 Å². The van der Waals surface area contributed by atoms with E-state index in [9.17, 15) is 18.0 Å². The molecule has 0 bridgehead atoms. The molecule has 1 atom stereocenters. The van der Waals surface area contributed by atoms with Gasteiger partial charge in [-0.15, -0.1) is 0 Å². The molecule has 44 heavy (non-hydrogen) atoms. The number of carbonyl (C=O) groups excluding carboxylic acids is 2. The number of hydrogen-bond acceptors (Lipinski definition) is 5. The Balaban J connectivity index is 1.82. The van der Waals surface area contributed by atoms with Crippen molar-refractivity contribution in [1.82, 2.24) is 10.2 Å². The van der Waals surface area contributed by atoms with Crippen molar-refractivity contribution in [2.24, 2.45) is 0 Å². The van der Waals surface area contributed by atoms with E-state index in [0.29, 0.717) is 12.3 Å². The zero-order chi connectivity index (χ0) is 31.7. The molecule has 0 aliphatic heterocycles. The van der Waals surface area contributed by atoms with Crippen LogP contribution in [0.25, 0.3) is 0 Å². The van der Waals surface area contributed by atoms with Crippen molar-refractivity contribution in [1.29, 1.82) is 0 Å². The van der Waals surface area contributed by atoms with Gasteiger partial charge in [0.05, 0.1) is 22.7 Å². The molecule has 4 rings (SSSR count). The highest BCUT2D eigenvalue weighted by Crippen LogP contribution is 2.32. The quantitative estimate of drug-likeness (QED) is 0.206. The molecular formula is C34H36ClN3O5S. The van der Waals surface area contributed by atoms with E-state index in [1.807, 2.05) is 68.4 Å². The third-order valence-electron chi connectivity index (χ3n) is 7.26. The minimum Gasteiger partial charge on any atom is -0.495 e. The molecule has 0 radical (unpaired) electrons. The van der Waals surface area contributed by atoms with Crippen LogP contribution in [0.5, 0.6) is 5.75 Å². The Hall–Kier alpha value is -4.34. The molecule has 4 aromatic carbocycles. The van der Waals surface area contributed by atoms with E-state index in [-0.39, 0.29) is 34.5 Å². The molecule has 230 valence electrons. The molecule has 1 unspecified atom stereocenters. The number of benzene rings is 4. The average Bonchev–Trinajstić information content (AvgIpc) is 3.03. The number of halogens is 1. The van der Waals surface area contributed by atoms with Crippen LogP contribution < -0.4 is 14.4 Å². The fourth-order valence-electron chi connectivity index (χ4n) is 4.88. The largest absolute Gasteiger partial charge is 0.495 e. The number of carbonyl (C=O) groups is 2. The molecule has 0 aromatic heterocycles. The Morgan fingerprint density at radius 3 is 2.16 bits per heavy atom. The summed E-state index contributed by atoms with van der Waals surface area (Å²) in [4.78, 5) is 29.5. The summed E-state index contributed by atoms with van der Waals surface area (Å²) in [6.07, 6.45) is 0.240. The summed E-state index contributed by atoms with van der Waals surface area (Å²) in [5, 5.41) is 3.05. The zero-order valence-electron chi connectivity index (χ0n) is 24.9. The van der Waals surface area contributed by atoms with Gasteiger partial charge in [0.25, 0.3) is 10.0 Å². The number of likely N-dealkylation sites (N-methyl/N-ethyl adjacent to an activating group) is 1. The Labute approximate surface area is 264 Å². The standard InChI is InChI=1S/C34H36ClN3O5S/c1-4-36-34(40)31(21-26-14-7-5-8-15-26)37(23-27-16-12-11-13-25(27)2)33(39)24-38(28-19-20-32(43-3)30(35)22-28)44(41,42)29-17-9-6-10-18-29/h5-20,22,31H,4,21,23-24H2,1-3H3,(H,36,40). The van der Waals surface area contributed by atoms with Gasteiger partial charge in [0.1, 0.15) is 18.3 Å². The van der Waals surface area contributed by atoms with Crippen LogP contribution in [0.4, 0.5) is 5.69 Å². The van der Waals surface area contributed by atoms with E-state index in [0.717, 1.165) is 21.0 Å². The van der Waals surface area contributed by atoms with Crippen LogP contribution in [0.15, 0.2) is 108 Å². The Morgan fingerprint density at radius 2 is 1.55 bits per heavy atom. The third kappa shape index (κ3) is 7.78. The van der Waals surface area contributed by atoms with Gasteiger partial charge in [-0.3, -0.25) is 13.9 Å². The van der Waals surface area contributed by atoms with Crippen molar-refractivity contribution in [3.63, 3.8) is 0 Å². The van der Waals surface area contributed by atoms with Gasteiger partial charge in [0.2, 0.25) is 11.8 Å². The summed E-state index contributed by atoms with van der Waals surface area (Å²) >= 11 is 6.42. The second-order valence-electron chi connectivity index (χ2n) is 10.2. The number of sulfonamides is 1. The number of rotatable bonds is 13. The van der Waals surface area contributed by atoms with Crippen LogP contribution in [0.1, 0.15) is 23.6 Å². The van der Waals surface area contributed by atoms with Crippen LogP contribution in [0.2, 0.25) is 5.02 Å². The molecule has 0 aliphatic rings. The number of nitrogens with one attached hydrogen (secondary N) is 1. The lowest BCUT2D eigenvalue weighted by atomic mass is 10.0. The first-order valence-electron chi connectivity index (χ1n) is 14.2. The lowest BCUT2D eigenvalue weighted by molar-refractivity contribution is -0.140. The highest BCUT2D eigenvalue weighted by molar-refractivity contribution is 7.92. The fourth-order valence-corrected chi connectivity index (χ4v) is 6.55. The monoisotopic (exact) mass is 633 g/mol. The van der Waals surface area contributed by atoms with Gasteiger partial charge in [0.15, 0.2) is 0 Å². The van der Waals surface area contributed by atoms with E-state index < -0.39 is 28.5 Å². The van der Waals surface area contributed by atoms with Gasteiger partial charge in [-0.25, -0.2) is 8.42 Å². The van der Waals surface area contributed by atoms with Gasteiger partial charge in [0, 0.05) is 19.5 Å². The lowest BCUT2D eigenvalue weighted by Gasteiger charge is -2.34.